The summed E-state index contributed by atoms with van der Waals surface area (Å²) in [5.41, 5.74) is 1.83. The largest absolute Gasteiger partial charge is 0.484 e. The van der Waals surface area contributed by atoms with Crippen LogP contribution >= 0.6 is 11.3 Å². The maximum absolute atomic E-state index is 12.0. The van der Waals surface area contributed by atoms with E-state index in [9.17, 15) is 13.2 Å². The second-order valence-electron chi connectivity index (χ2n) is 5.76. The van der Waals surface area contributed by atoms with E-state index in [0.29, 0.717) is 21.1 Å². The number of ether oxygens (including phenoxy) is 1. The van der Waals surface area contributed by atoms with Crippen LogP contribution in [0.3, 0.4) is 0 Å². The number of nitrogens with zero attached hydrogens (tertiary/aromatic N) is 1. The third kappa shape index (κ3) is 4.39. The molecule has 8 heteroatoms. The molecule has 3 aromatic rings. The van der Waals surface area contributed by atoms with Crippen molar-refractivity contribution in [3.63, 3.8) is 0 Å². The van der Waals surface area contributed by atoms with E-state index in [-0.39, 0.29) is 17.4 Å². The zero-order valence-corrected chi connectivity index (χ0v) is 16.0. The third-order valence-electron chi connectivity index (χ3n) is 3.74. The number of nitrogens with one attached hydrogen (secondary N) is 1. The summed E-state index contributed by atoms with van der Waals surface area (Å²) < 4.78 is 29.4. The van der Waals surface area contributed by atoms with Crippen molar-refractivity contribution in [1.29, 1.82) is 0 Å². The Kier molecular flexibility index (Phi) is 5.24. The first kappa shape index (κ1) is 18.3. The summed E-state index contributed by atoms with van der Waals surface area (Å²) in [7, 11) is -3.28. The number of anilines is 1. The average Bonchev–Trinajstić information content (AvgIpc) is 3.01. The highest BCUT2D eigenvalue weighted by atomic mass is 32.2. The van der Waals surface area contributed by atoms with Crippen LogP contribution in [0.15, 0.2) is 47.4 Å². The molecule has 3 rings (SSSR count). The molecule has 26 heavy (non-hydrogen) atoms. The molecule has 6 nitrogen and oxygen atoms in total. The molecule has 0 spiro atoms. The second kappa shape index (κ2) is 7.43. The summed E-state index contributed by atoms with van der Waals surface area (Å²) >= 11 is 1.22. The molecule has 1 amide bonds. The lowest BCUT2D eigenvalue weighted by atomic mass is 10.2. The molecular weight excluding hydrogens is 372 g/mol. The van der Waals surface area contributed by atoms with Crippen molar-refractivity contribution in [2.75, 3.05) is 18.2 Å². The Morgan fingerprint density at radius 3 is 2.58 bits per heavy atom. The minimum Gasteiger partial charge on any atom is -0.484 e. The first-order chi connectivity index (χ1) is 12.3. The molecule has 0 unspecified atom stereocenters. The van der Waals surface area contributed by atoms with Gasteiger partial charge >= 0.3 is 0 Å². The SMILES string of the molecule is CCc1ccc(OCC(=O)Nc2nc3ccc(S(C)(=O)=O)cc3s2)cc1. The van der Waals surface area contributed by atoms with Gasteiger partial charge in [0.25, 0.3) is 5.91 Å². The van der Waals surface area contributed by atoms with Gasteiger partial charge < -0.3 is 4.74 Å². The first-order valence-electron chi connectivity index (χ1n) is 7.97. The van der Waals surface area contributed by atoms with Gasteiger partial charge in [-0.25, -0.2) is 13.4 Å². The van der Waals surface area contributed by atoms with Gasteiger partial charge in [-0.3, -0.25) is 10.1 Å². The lowest BCUT2D eigenvalue weighted by molar-refractivity contribution is -0.118. The molecule has 136 valence electrons. The van der Waals surface area contributed by atoms with Crippen LogP contribution in [0.5, 0.6) is 5.75 Å². The highest BCUT2D eigenvalue weighted by Crippen LogP contribution is 2.28. The van der Waals surface area contributed by atoms with Crippen LogP contribution in [0.25, 0.3) is 10.2 Å². The Balaban J connectivity index is 1.65. The Labute approximate surface area is 155 Å². The predicted octanol–water partition coefficient (Wildman–Crippen LogP) is 3.28. The summed E-state index contributed by atoms with van der Waals surface area (Å²) in [6.45, 7) is 1.94. The fourth-order valence-corrected chi connectivity index (χ4v) is 3.96. The number of aromatic nitrogens is 1. The fourth-order valence-electron chi connectivity index (χ4n) is 2.31. The van der Waals surface area contributed by atoms with Crippen molar-refractivity contribution in [1.82, 2.24) is 4.98 Å². The van der Waals surface area contributed by atoms with Gasteiger partial charge in [0, 0.05) is 6.26 Å². The molecule has 0 saturated carbocycles. The molecule has 0 aliphatic carbocycles. The standard InChI is InChI=1S/C18H18N2O4S2/c1-3-12-4-6-13(7-5-12)24-11-17(21)20-18-19-15-9-8-14(26(2,22)23)10-16(15)25-18/h4-10H,3,11H2,1-2H3,(H,19,20,21). The number of benzene rings is 2. The maximum atomic E-state index is 12.0. The Bertz CT molecular complexity index is 1040. The number of fused-ring (bicyclic) bond motifs is 1. The number of sulfone groups is 1. The minimum atomic E-state index is -3.28. The number of amides is 1. The molecule has 0 radical (unpaired) electrons. The highest BCUT2D eigenvalue weighted by molar-refractivity contribution is 7.90. The first-order valence-corrected chi connectivity index (χ1v) is 10.7. The van der Waals surface area contributed by atoms with E-state index < -0.39 is 9.84 Å². The van der Waals surface area contributed by atoms with Gasteiger partial charge in [-0.15, -0.1) is 0 Å². The Morgan fingerprint density at radius 2 is 1.92 bits per heavy atom. The van der Waals surface area contributed by atoms with Gasteiger partial charge in [0.05, 0.1) is 15.1 Å². The Hall–Kier alpha value is -2.45. The van der Waals surface area contributed by atoms with Gasteiger partial charge in [0.15, 0.2) is 21.6 Å². The Morgan fingerprint density at radius 1 is 1.19 bits per heavy atom. The number of rotatable bonds is 6. The molecule has 0 aliphatic rings. The van der Waals surface area contributed by atoms with Crippen LogP contribution < -0.4 is 10.1 Å². The van der Waals surface area contributed by atoms with Crippen molar-refractivity contribution in [2.24, 2.45) is 0 Å². The normalized spacial score (nSPS) is 11.5. The molecule has 1 aromatic heterocycles. The quantitative estimate of drug-likeness (QED) is 0.698. The van der Waals surface area contributed by atoms with Crippen molar-refractivity contribution in [3.05, 3.63) is 48.0 Å². The van der Waals surface area contributed by atoms with Gasteiger partial charge in [-0.2, -0.15) is 0 Å². The molecule has 1 heterocycles. The molecule has 0 saturated heterocycles. The van der Waals surface area contributed by atoms with Gasteiger partial charge in [-0.1, -0.05) is 30.4 Å². The molecular formula is C18H18N2O4S2. The predicted molar refractivity (Wildman–Crippen MR) is 103 cm³/mol. The lowest BCUT2D eigenvalue weighted by Crippen LogP contribution is -2.19. The number of hydrogen-bond donors (Lipinski definition) is 1. The van der Waals surface area contributed by atoms with Crippen molar-refractivity contribution >= 4 is 42.4 Å². The number of aryl methyl sites for hydroxylation is 1. The van der Waals surface area contributed by atoms with Gasteiger partial charge in [-0.05, 0) is 42.3 Å². The van der Waals surface area contributed by atoms with Crippen LogP contribution in [-0.4, -0.2) is 32.2 Å². The van der Waals surface area contributed by atoms with E-state index >= 15 is 0 Å². The maximum Gasteiger partial charge on any atom is 0.264 e. The number of carbonyl (C=O) groups is 1. The molecule has 0 bridgehead atoms. The topological polar surface area (TPSA) is 85.4 Å². The molecule has 0 aliphatic heterocycles. The molecule has 0 fully saturated rings. The van der Waals surface area contributed by atoms with Crippen LogP contribution in [0.4, 0.5) is 5.13 Å². The van der Waals surface area contributed by atoms with Crippen LogP contribution in [-0.2, 0) is 21.1 Å². The zero-order chi connectivity index (χ0) is 18.7. The third-order valence-corrected chi connectivity index (χ3v) is 5.78. The van der Waals surface area contributed by atoms with Crippen LogP contribution in [0.1, 0.15) is 12.5 Å². The van der Waals surface area contributed by atoms with E-state index in [1.807, 2.05) is 24.3 Å². The van der Waals surface area contributed by atoms with E-state index in [1.165, 1.54) is 23.0 Å². The van der Waals surface area contributed by atoms with E-state index in [1.54, 1.807) is 12.1 Å². The highest BCUT2D eigenvalue weighted by Gasteiger charge is 2.12. The van der Waals surface area contributed by atoms with Gasteiger partial charge in [0.2, 0.25) is 0 Å². The average molecular weight is 390 g/mol. The zero-order valence-electron chi connectivity index (χ0n) is 14.4. The van der Waals surface area contributed by atoms with Gasteiger partial charge in [0.1, 0.15) is 5.75 Å². The molecule has 1 N–H and O–H groups in total. The van der Waals surface area contributed by atoms with Crippen molar-refractivity contribution in [2.45, 2.75) is 18.2 Å². The van der Waals surface area contributed by atoms with Crippen LogP contribution in [0, 0.1) is 0 Å². The monoisotopic (exact) mass is 390 g/mol. The summed E-state index contributed by atoms with van der Waals surface area (Å²) in [5.74, 6) is 0.298. The summed E-state index contributed by atoms with van der Waals surface area (Å²) in [6.07, 6.45) is 2.10. The number of carbonyl (C=O) groups excluding carboxylic acids is 1. The number of thiazole rings is 1. The number of hydrogen-bond acceptors (Lipinski definition) is 6. The fraction of sp³-hybridized carbons (Fsp3) is 0.222. The van der Waals surface area contributed by atoms with E-state index in [4.69, 9.17) is 4.74 Å². The lowest BCUT2D eigenvalue weighted by Gasteiger charge is -2.06. The van der Waals surface area contributed by atoms with E-state index in [2.05, 4.69) is 17.2 Å². The van der Waals surface area contributed by atoms with Crippen LogP contribution in [0.2, 0.25) is 0 Å². The van der Waals surface area contributed by atoms with E-state index in [0.717, 1.165) is 12.7 Å². The molecule has 2 aromatic carbocycles. The summed E-state index contributed by atoms with van der Waals surface area (Å²) in [5, 5.41) is 3.08. The molecule has 0 atom stereocenters. The second-order valence-corrected chi connectivity index (χ2v) is 8.80. The minimum absolute atomic E-state index is 0.129. The van der Waals surface area contributed by atoms with Crippen molar-refractivity contribution in [3.8, 4) is 5.75 Å². The summed E-state index contributed by atoms with van der Waals surface area (Å²) in [6, 6.07) is 12.3. The smallest absolute Gasteiger partial charge is 0.264 e. The summed E-state index contributed by atoms with van der Waals surface area (Å²) in [4.78, 5) is 16.6. The van der Waals surface area contributed by atoms with Crippen molar-refractivity contribution < 1.29 is 17.9 Å².